The molecule has 7 nitrogen and oxygen atoms in total. The first-order chi connectivity index (χ1) is 15.1. The SMILES string of the molecule is CCCO[C@H]1CN(c2cccc(C(=O)OC)c2)CC[C@H]1NC(=O)OCc1ccccc1. The number of carbonyl (C=O) groups is 2. The number of anilines is 1. The molecule has 0 aliphatic carbocycles. The van der Waals surface area contributed by atoms with E-state index < -0.39 is 6.09 Å². The Bertz CT molecular complexity index is 858. The van der Waals surface area contributed by atoms with Gasteiger partial charge in [-0.3, -0.25) is 0 Å². The molecule has 1 amide bonds. The van der Waals surface area contributed by atoms with Gasteiger partial charge in [0, 0.05) is 25.4 Å². The van der Waals surface area contributed by atoms with Crippen molar-refractivity contribution in [3.63, 3.8) is 0 Å². The summed E-state index contributed by atoms with van der Waals surface area (Å²) in [5, 5.41) is 2.97. The van der Waals surface area contributed by atoms with E-state index in [4.69, 9.17) is 14.2 Å². The predicted octanol–water partition coefficient (Wildman–Crippen LogP) is 3.77. The van der Waals surface area contributed by atoms with Gasteiger partial charge >= 0.3 is 12.1 Å². The Morgan fingerprint density at radius 3 is 2.68 bits per heavy atom. The van der Waals surface area contributed by atoms with E-state index in [0.29, 0.717) is 25.1 Å². The molecule has 2 aromatic carbocycles. The Balaban J connectivity index is 1.61. The zero-order chi connectivity index (χ0) is 22.1. The molecule has 1 aliphatic heterocycles. The average Bonchev–Trinajstić information content (AvgIpc) is 2.82. The van der Waals surface area contributed by atoms with Crippen LogP contribution in [0.25, 0.3) is 0 Å². The monoisotopic (exact) mass is 426 g/mol. The molecule has 2 aromatic rings. The number of hydrogen-bond donors (Lipinski definition) is 1. The van der Waals surface area contributed by atoms with Crippen molar-refractivity contribution in [1.82, 2.24) is 5.32 Å². The molecule has 1 fully saturated rings. The predicted molar refractivity (Wildman–Crippen MR) is 118 cm³/mol. The van der Waals surface area contributed by atoms with Crippen LogP contribution in [0.4, 0.5) is 10.5 Å². The molecule has 0 bridgehead atoms. The van der Waals surface area contributed by atoms with Gasteiger partial charge in [-0.2, -0.15) is 0 Å². The summed E-state index contributed by atoms with van der Waals surface area (Å²) in [6.45, 7) is 4.22. The lowest BCUT2D eigenvalue weighted by molar-refractivity contribution is 0.0192. The number of ether oxygens (including phenoxy) is 3. The molecular formula is C24H30N2O5. The fourth-order valence-corrected chi connectivity index (χ4v) is 3.62. The average molecular weight is 427 g/mol. The summed E-state index contributed by atoms with van der Waals surface area (Å²) in [5.41, 5.74) is 2.38. The minimum atomic E-state index is -0.444. The Labute approximate surface area is 183 Å². The number of nitrogens with zero attached hydrogens (tertiary/aromatic N) is 1. The quantitative estimate of drug-likeness (QED) is 0.648. The van der Waals surface area contributed by atoms with Crippen LogP contribution < -0.4 is 10.2 Å². The molecule has 2 atom stereocenters. The maximum absolute atomic E-state index is 12.4. The number of benzene rings is 2. The van der Waals surface area contributed by atoms with Crippen LogP contribution in [0, 0.1) is 0 Å². The van der Waals surface area contributed by atoms with Crippen molar-refractivity contribution in [2.75, 3.05) is 31.7 Å². The van der Waals surface area contributed by atoms with Crippen molar-refractivity contribution in [3.05, 3.63) is 65.7 Å². The topological polar surface area (TPSA) is 77.1 Å². The third-order valence-electron chi connectivity index (χ3n) is 5.24. The summed E-state index contributed by atoms with van der Waals surface area (Å²) in [6, 6.07) is 16.8. The highest BCUT2D eigenvalue weighted by Gasteiger charge is 2.32. The minimum absolute atomic E-state index is 0.144. The van der Waals surface area contributed by atoms with E-state index in [2.05, 4.69) is 17.1 Å². The van der Waals surface area contributed by atoms with E-state index >= 15 is 0 Å². The normalized spacial score (nSPS) is 18.3. The molecule has 7 heteroatoms. The van der Waals surface area contributed by atoms with Crippen molar-refractivity contribution >= 4 is 17.7 Å². The second-order valence-corrected chi connectivity index (χ2v) is 7.50. The first-order valence-corrected chi connectivity index (χ1v) is 10.6. The summed E-state index contributed by atoms with van der Waals surface area (Å²) < 4.78 is 16.3. The molecular weight excluding hydrogens is 396 g/mol. The van der Waals surface area contributed by atoms with Gasteiger partial charge in [-0.15, -0.1) is 0 Å². The maximum atomic E-state index is 12.4. The van der Waals surface area contributed by atoms with Gasteiger partial charge in [-0.25, -0.2) is 9.59 Å². The standard InChI is InChI=1S/C24H30N2O5/c1-3-14-30-22-16-26(20-11-7-10-19(15-20)23(27)29-2)13-12-21(22)25-24(28)31-17-18-8-5-4-6-9-18/h4-11,15,21-22H,3,12-14,16-17H2,1-2H3,(H,25,28)/t21-,22+/m1/s1. The lowest BCUT2D eigenvalue weighted by Gasteiger charge is -2.39. The largest absolute Gasteiger partial charge is 0.465 e. The highest BCUT2D eigenvalue weighted by atomic mass is 16.5. The van der Waals surface area contributed by atoms with Gasteiger partial charge in [0.2, 0.25) is 0 Å². The lowest BCUT2D eigenvalue weighted by Crippen LogP contribution is -2.55. The van der Waals surface area contributed by atoms with Crippen molar-refractivity contribution in [2.45, 2.75) is 38.5 Å². The van der Waals surface area contributed by atoms with E-state index in [-0.39, 0.29) is 24.7 Å². The molecule has 0 spiro atoms. The minimum Gasteiger partial charge on any atom is -0.465 e. The molecule has 166 valence electrons. The summed E-state index contributed by atoms with van der Waals surface area (Å²) in [5.74, 6) is -0.363. The lowest BCUT2D eigenvalue weighted by atomic mass is 10.0. The summed E-state index contributed by atoms with van der Waals surface area (Å²) in [4.78, 5) is 26.4. The van der Waals surface area contributed by atoms with Gasteiger partial charge in [-0.1, -0.05) is 43.3 Å². The smallest absolute Gasteiger partial charge is 0.407 e. The molecule has 0 radical (unpaired) electrons. The van der Waals surface area contributed by atoms with Crippen LogP contribution in [-0.2, 0) is 20.8 Å². The molecule has 3 rings (SSSR count). The maximum Gasteiger partial charge on any atom is 0.407 e. The van der Waals surface area contributed by atoms with Crippen LogP contribution >= 0.6 is 0 Å². The first kappa shape index (κ1) is 22.6. The van der Waals surface area contributed by atoms with Crippen LogP contribution in [0.3, 0.4) is 0 Å². The highest BCUT2D eigenvalue weighted by Crippen LogP contribution is 2.23. The number of amides is 1. The number of esters is 1. The second-order valence-electron chi connectivity index (χ2n) is 7.50. The van der Waals surface area contributed by atoms with Crippen LogP contribution in [0.2, 0.25) is 0 Å². The Morgan fingerprint density at radius 1 is 1.13 bits per heavy atom. The number of rotatable bonds is 8. The molecule has 31 heavy (non-hydrogen) atoms. The van der Waals surface area contributed by atoms with E-state index in [0.717, 1.165) is 24.2 Å². The molecule has 1 N–H and O–H groups in total. The van der Waals surface area contributed by atoms with Crippen molar-refractivity contribution in [2.24, 2.45) is 0 Å². The first-order valence-electron chi connectivity index (χ1n) is 10.6. The van der Waals surface area contributed by atoms with E-state index in [1.807, 2.05) is 48.5 Å². The van der Waals surface area contributed by atoms with Crippen molar-refractivity contribution < 1.29 is 23.8 Å². The van der Waals surface area contributed by atoms with Crippen LogP contribution in [0.15, 0.2) is 54.6 Å². The molecule has 0 aromatic heterocycles. The number of hydrogen-bond acceptors (Lipinski definition) is 6. The number of methoxy groups -OCH3 is 1. The van der Waals surface area contributed by atoms with Gasteiger partial charge in [0.05, 0.1) is 24.8 Å². The number of carbonyl (C=O) groups excluding carboxylic acids is 2. The third-order valence-corrected chi connectivity index (χ3v) is 5.24. The molecule has 1 saturated heterocycles. The van der Waals surface area contributed by atoms with E-state index in [1.54, 1.807) is 6.07 Å². The Morgan fingerprint density at radius 2 is 1.94 bits per heavy atom. The van der Waals surface area contributed by atoms with Gasteiger partial charge < -0.3 is 24.4 Å². The van der Waals surface area contributed by atoms with E-state index in [9.17, 15) is 9.59 Å². The molecule has 0 unspecified atom stereocenters. The fraction of sp³-hybridized carbons (Fsp3) is 0.417. The number of piperidine rings is 1. The highest BCUT2D eigenvalue weighted by molar-refractivity contribution is 5.90. The number of alkyl carbamates (subject to hydrolysis) is 1. The van der Waals surface area contributed by atoms with E-state index in [1.165, 1.54) is 7.11 Å². The van der Waals surface area contributed by atoms with Crippen LogP contribution in [0.1, 0.15) is 35.7 Å². The van der Waals surface area contributed by atoms with Gasteiger partial charge in [0.15, 0.2) is 0 Å². The summed E-state index contributed by atoms with van der Waals surface area (Å²) in [7, 11) is 1.37. The van der Waals surface area contributed by atoms with Crippen LogP contribution in [0.5, 0.6) is 0 Å². The van der Waals surface area contributed by atoms with Gasteiger partial charge in [-0.05, 0) is 36.6 Å². The molecule has 0 saturated carbocycles. The Hall–Kier alpha value is -3.06. The second kappa shape index (κ2) is 11.4. The zero-order valence-corrected chi connectivity index (χ0v) is 18.1. The Kier molecular flexibility index (Phi) is 8.29. The number of nitrogens with one attached hydrogen (secondary N) is 1. The summed E-state index contributed by atoms with van der Waals surface area (Å²) >= 11 is 0. The summed E-state index contributed by atoms with van der Waals surface area (Å²) in [6.07, 6.45) is 0.969. The zero-order valence-electron chi connectivity index (χ0n) is 18.1. The van der Waals surface area contributed by atoms with Gasteiger partial charge in [0.1, 0.15) is 6.61 Å². The third kappa shape index (κ3) is 6.46. The van der Waals surface area contributed by atoms with Crippen molar-refractivity contribution in [3.8, 4) is 0 Å². The molecule has 1 aliphatic rings. The molecule has 1 heterocycles. The van der Waals surface area contributed by atoms with Gasteiger partial charge in [0.25, 0.3) is 0 Å². The fourth-order valence-electron chi connectivity index (χ4n) is 3.62. The van der Waals surface area contributed by atoms with Crippen molar-refractivity contribution in [1.29, 1.82) is 0 Å². The van der Waals surface area contributed by atoms with Crippen LogP contribution in [-0.4, -0.2) is 51.0 Å².